The third kappa shape index (κ3) is 5.69. The fourth-order valence-corrected chi connectivity index (χ4v) is 3.86. The lowest BCUT2D eigenvalue weighted by Gasteiger charge is -2.32. The lowest BCUT2D eigenvalue weighted by Crippen LogP contribution is -2.52. The number of H-pyrrole nitrogens is 1. The van der Waals surface area contributed by atoms with Gasteiger partial charge in [0, 0.05) is 43.9 Å². The minimum Gasteiger partial charge on any atom is -0.340 e. The van der Waals surface area contributed by atoms with Gasteiger partial charge in [0.05, 0.1) is 11.3 Å². The average Bonchev–Trinajstić information content (AvgIpc) is 3.32. The molecule has 1 aliphatic rings. The van der Waals surface area contributed by atoms with Crippen molar-refractivity contribution >= 4 is 34.9 Å². The summed E-state index contributed by atoms with van der Waals surface area (Å²) < 4.78 is 0. The maximum absolute atomic E-state index is 12.8. The van der Waals surface area contributed by atoms with E-state index in [-0.39, 0.29) is 23.6 Å². The first-order valence-corrected chi connectivity index (χ1v) is 11.2. The van der Waals surface area contributed by atoms with Crippen molar-refractivity contribution < 1.29 is 14.4 Å². The Morgan fingerprint density at radius 1 is 1.00 bits per heavy atom. The second-order valence-corrected chi connectivity index (χ2v) is 8.50. The molecule has 0 bridgehead atoms. The Morgan fingerprint density at radius 2 is 1.71 bits per heavy atom. The van der Waals surface area contributed by atoms with Gasteiger partial charge in [0.15, 0.2) is 11.5 Å². The van der Waals surface area contributed by atoms with Crippen molar-refractivity contribution in [3.05, 3.63) is 82.4 Å². The van der Waals surface area contributed by atoms with Gasteiger partial charge in [-0.3, -0.25) is 19.8 Å². The fraction of sp³-hybridized carbons (Fsp3) is 0.250. The number of aromatic nitrogens is 2. The van der Waals surface area contributed by atoms with Crippen LogP contribution in [0.15, 0.2) is 54.9 Å². The highest BCUT2D eigenvalue weighted by atomic mass is 35.5. The van der Waals surface area contributed by atoms with E-state index in [4.69, 9.17) is 11.6 Å². The third-order valence-electron chi connectivity index (χ3n) is 5.60. The molecule has 2 heterocycles. The molecule has 10 heteroatoms. The number of carbonyl (C=O) groups is 3. The van der Waals surface area contributed by atoms with Gasteiger partial charge in [0.1, 0.15) is 5.69 Å². The summed E-state index contributed by atoms with van der Waals surface area (Å²) in [5.74, 6) is -1.01. The summed E-state index contributed by atoms with van der Waals surface area (Å²) in [6, 6.07) is 13.9. The number of ketones is 1. The summed E-state index contributed by atoms with van der Waals surface area (Å²) in [7, 11) is 2.03. The molecule has 1 fully saturated rings. The van der Waals surface area contributed by atoms with Gasteiger partial charge in [-0.05, 0) is 36.9 Å². The molecule has 0 saturated carbocycles. The van der Waals surface area contributed by atoms with Crippen LogP contribution in [0.5, 0.6) is 0 Å². The molecule has 3 aromatic rings. The molecule has 1 aliphatic heterocycles. The fourth-order valence-electron chi connectivity index (χ4n) is 3.62. The summed E-state index contributed by atoms with van der Waals surface area (Å²) in [5, 5.41) is 4.99. The molecular formula is C24H25ClN6O3. The Labute approximate surface area is 202 Å². The number of hydrazine groups is 1. The molecule has 0 atom stereocenters. The van der Waals surface area contributed by atoms with Crippen molar-refractivity contribution in [3.8, 4) is 0 Å². The van der Waals surface area contributed by atoms with E-state index in [1.807, 2.05) is 12.1 Å². The Hall–Kier alpha value is -3.53. The maximum atomic E-state index is 12.8. The number of carbonyl (C=O) groups excluding carboxylic acids is 3. The monoisotopic (exact) mass is 480 g/mol. The molecule has 2 amide bonds. The first-order chi connectivity index (χ1) is 16.4. The highest BCUT2D eigenvalue weighted by molar-refractivity contribution is 6.34. The molecule has 3 N–H and O–H groups in total. The van der Waals surface area contributed by atoms with E-state index in [2.05, 4.69) is 25.6 Å². The summed E-state index contributed by atoms with van der Waals surface area (Å²) in [6.45, 7) is 3.07. The number of hydrogen-bond acceptors (Lipinski definition) is 6. The van der Waals surface area contributed by atoms with E-state index < -0.39 is 11.8 Å². The van der Waals surface area contributed by atoms with Crippen molar-refractivity contribution in [2.75, 3.05) is 38.5 Å². The van der Waals surface area contributed by atoms with Gasteiger partial charge < -0.3 is 15.2 Å². The molecular weight excluding hydrogens is 456 g/mol. The van der Waals surface area contributed by atoms with Crippen molar-refractivity contribution in [1.29, 1.82) is 0 Å². The number of amides is 2. The van der Waals surface area contributed by atoms with Crippen LogP contribution in [0, 0.1) is 0 Å². The van der Waals surface area contributed by atoms with Crippen molar-refractivity contribution in [2.45, 2.75) is 6.42 Å². The number of benzene rings is 2. The van der Waals surface area contributed by atoms with Crippen LogP contribution in [-0.2, 0) is 6.42 Å². The van der Waals surface area contributed by atoms with E-state index in [0.29, 0.717) is 29.4 Å². The molecule has 0 radical (unpaired) electrons. The smallest absolute Gasteiger partial charge is 0.286 e. The summed E-state index contributed by atoms with van der Waals surface area (Å²) in [6.07, 6.45) is 1.51. The number of imidazole rings is 1. The van der Waals surface area contributed by atoms with Crippen molar-refractivity contribution in [2.24, 2.45) is 0 Å². The normalized spacial score (nSPS) is 14.5. The van der Waals surface area contributed by atoms with E-state index in [1.54, 1.807) is 48.5 Å². The maximum Gasteiger partial charge on any atom is 0.286 e. The molecule has 0 unspecified atom stereocenters. The van der Waals surface area contributed by atoms with Gasteiger partial charge in [-0.15, -0.1) is 0 Å². The van der Waals surface area contributed by atoms with Crippen LogP contribution in [0.3, 0.4) is 0 Å². The van der Waals surface area contributed by atoms with Crippen molar-refractivity contribution in [3.63, 3.8) is 0 Å². The van der Waals surface area contributed by atoms with E-state index in [0.717, 1.165) is 18.7 Å². The zero-order chi connectivity index (χ0) is 24.1. The largest absolute Gasteiger partial charge is 0.340 e. The molecule has 1 aromatic heterocycles. The Balaban J connectivity index is 1.36. The van der Waals surface area contributed by atoms with Crippen LogP contribution in [0.25, 0.3) is 0 Å². The standard InChI is InChI=1S/C24H25ClN6O3/c1-30-10-12-31(13-11-30)29-24(34)22-21(26-15-27-22)23(33)28-17-8-6-16(7-9-17)14-20(32)18-4-2-3-5-19(18)25/h2-9,15H,10-14H2,1H3,(H,26,27)(H,28,33)(H,29,34). The van der Waals surface area contributed by atoms with Gasteiger partial charge in [0.25, 0.3) is 11.8 Å². The Bertz CT molecular complexity index is 1190. The SMILES string of the molecule is CN1CCN(NC(=O)c2nc[nH]c2C(=O)Nc2ccc(CC(=O)c3ccccc3Cl)cc2)CC1. The predicted molar refractivity (Wildman–Crippen MR) is 129 cm³/mol. The van der Waals surface area contributed by atoms with E-state index in [9.17, 15) is 14.4 Å². The lowest BCUT2D eigenvalue weighted by molar-refractivity contribution is 0.0655. The molecule has 176 valence electrons. The number of piperazine rings is 1. The van der Waals surface area contributed by atoms with Crippen LogP contribution >= 0.6 is 11.6 Å². The molecule has 9 nitrogen and oxygen atoms in total. The van der Waals surface area contributed by atoms with Crippen LogP contribution in [0.1, 0.15) is 36.9 Å². The minimum atomic E-state index is -0.485. The minimum absolute atomic E-state index is 0.0263. The second-order valence-electron chi connectivity index (χ2n) is 8.09. The average molecular weight is 481 g/mol. The molecule has 1 saturated heterocycles. The zero-order valence-electron chi connectivity index (χ0n) is 18.7. The van der Waals surface area contributed by atoms with E-state index in [1.165, 1.54) is 6.33 Å². The van der Waals surface area contributed by atoms with Crippen LogP contribution in [-0.4, -0.2) is 70.7 Å². The first kappa shape index (κ1) is 23.6. The number of anilines is 1. The number of nitrogens with one attached hydrogen (secondary N) is 3. The van der Waals surface area contributed by atoms with E-state index >= 15 is 0 Å². The summed E-state index contributed by atoms with van der Waals surface area (Å²) >= 11 is 6.10. The van der Waals surface area contributed by atoms with Gasteiger partial charge >= 0.3 is 0 Å². The topological polar surface area (TPSA) is 110 Å². The number of Topliss-reactive ketones (excluding diaryl/α,β-unsaturated/α-hetero) is 1. The highest BCUT2D eigenvalue weighted by Crippen LogP contribution is 2.19. The molecule has 0 spiro atoms. The molecule has 34 heavy (non-hydrogen) atoms. The third-order valence-corrected chi connectivity index (χ3v) is 5.92. The van der Waals surface area contributed by atoms with Crippen LogP contribution in [0.2, 0.25) is 5.02 Å². The van der Waals surface area contributed by atoms with Crippen LogP contribution < -0.4 is 10.7 Å². The molecule has 4 rings (SSSR count). The van der Waals surface area contributed by atoms with Crippen LogP contribution in [0.4, 0.5) is 5.69 Å². The van der Waals surface area contributed by atoms with Gasteiger partial charge in [-0.2, -0.15) is 0 Å². The highest BCUT2D eigenvalue weighted by Gasteiger charge is 2.23. The van der Waals surface area contributed by atoms with Gasteiger partial charge in [-0.25, -0.2) is 9.99 Å². The predicted octanol–water partition coefficient (Wildman–Crippen LogP) is 2.63. The zero-order valence-corrected chi connectivity index (χ0v) is 19.4. The van der Waals surface area contributed by atoms with Gasteiger partial charge in [0.2, 0.25) is 0 Å². The quantitative estimate of drug-likeness (QED) is 0.448. The number of likely N-dealkylation sites (N-methyl/N-ethyl adjacent to an activating group) is 1. The molecule has 2 aromatic carbocycles. The number of aromatic amines is 1. The second kappa shape index (κ2) is 10.6. The number of rotatable bonds is 7. The van der Waals surface area contributed by atoms with Crippen molar-refractivity contribution in [1.82, 2.24) is 25.3 Å². The first-order valence-electron chi connectivity index (χ1n) is 10.9. The number of hydrogen-bond donors (Lipinski definition) is 3. The number of nitrogens with zero attached hydrogens (tertiary/aromatic N) is 3. The number of halogens is 1. The Morgan fingerprint density at radius 3 is 2.41 bits per heavy atom. The summed E-state index contributed by atoms with van der Waals surface area (Å²) in [4.78, 5) is 46.9. The lowest BCUT2D eigenvalue weighted by atomic mass is 10.0. The Kier molecular flexibility index (Phi) is 7.36. The summed E-state index contributed by atoms with van der Waals surface area (Å²) in [5.41, 5.74) is 4.70. The van der Waals surface area contributed by atoms with Gasteiger partial charge in [-0.1, -0.05) is 35.9 Å². The molecule has 0 aliphatic carbocycles.